The van der Waals surface area contributed by atoms with Crippen molar-refractivity contribution in [2.24, 2.45) is 5.73 Å². The number of halogens is 4. The first kappa shape index (κ1) is 14.8. The minimum atomic E-state index is -4.48. The van der Waals surface area contributed by atoms with Crippen molar-refractivity contribution in [3.63, 3.8) is 0 Å². The predicted molar refractivity (Wildman–Crippen MR) is 52.2 cm³/mol. The van der Waals surface area contributed by atoms with Gasteiger partial charge in [-0.25, -0.2) is 8.78 Å². The Morgan fingerprint density at radius 2 is 2.00 bits per heavy atom. The lowest BCUT2D eigenvalue weighted by molar-refractivity contribution is -0.152. The zero-order valence-electron chi connectivity index (χ0n) is 9.74. The summed E-state index contributed by atoms with van der Waals surface area (Å²) in [7, 11) is 0. The molecule has 1 heterocycles. The van der Waals surface area contributed by atoms with Crippen LogP contribution in [-0.4, -0.2) is 29.3 Å². The molecular weight excluding hydrogens is 258 g/mol. The van der Waals surface area contributed by atoms with Crippen LogP contribution in [0.25, 0.3) is 0 Å². The first-order valence-corrected chi connectivity index (χ1v) is 5.12. The van der Waals surface area contributed by atoms with Crippen LogP contribution < -0.4 is 5.73 Å². The molecule has 5 nitrogen and oxygen atoms in total. The van der Waals surface area contributed by atoms with Gasteiger partial charge in [0.15, 0.2) is 5.82 Å². The Labute approximate surface area is 100 Å². The molecule has 0 spiro atoms. The fraction of sp³-hybridized carbons (Fsp3) is 0.778. The summed E-state index contributed by atoms with van der Waals surface area (Å²) in [5, 5.41) is 3.14. The summed E-state index contributed by atoms with van der Waals surface area (Å²) in [6.07, 6.45) is -4.04. The fourth-order valence-electron chi connectivity index (χ4n) is 0.985. The zero-order chi connectivity index (χ0) is 13.9. The average Bonchev–Trinajstić information content (AvgIpc) is 2.75. The Hall–Kier alpha value is -1.22. The molecule has 0 saturated heterocycles. The first-order chi connectivity index (χ1) is 8.25. The predicted octanol–water partition coefficient (Wildman–Crippen LogP) is 1.85. The summed E-state index contributed by atoms with van der Waals surface area (Å²) < 4.78 is 59.0. The quantitative estimate of drug-likeness (QED) is 0.799. The van der Waals surface area contributed by atoms with E-state index in [0.29, 0.717) is 0 Å². The minimum Gasteiger partial charge on any atom is -0.377 e. The van der Waals surface area contributed by atoms with Gasteiger partial charge in [0.2, 0.25) is 0 Å². The third-order valence-corrected chi connectivity index (χ3v) is 1.94. The van der Waals surface area contributed by atoms with E-state index in [0.717, 1.165) is 0 Å². The normalized spacial score (nSPS) is 14.5. The maximum absolute atomic E-state index is 12.9. The number of ether oxygens (including phenoxy) is 1. The smallest absolute Gasteiger partial charge is 0.377 e. The molecule has 18 heavy (non-hydrogen) atoms. The average molecular weight is 271 g/mol. The second-order valence-corrected chi connectivity index (χ2v) is 3.87. The molecule has 9 heteroatoms. The maximum atomic E-state index is 12.9. The molecule has 0 aliphatic carbocycles. The number of rotatable bonds is 6. The van der Waals surface area contributed by atoms with Crippen LogP contribution in [0.2, 0.25) is 0 Å². The van der Waals surface area contributed by atoms with Crippen molar-refractivity contribution in [2.75, 3.05) is 6.61 Å². The van der Waals surface area contributed by atoms with Gasteiger partial charge >= 0.3 is 18.2 Å². The minimum absolute atomic E-state index is 0.0309. The van der Waals surface area contributed by atoms with E-state index in [1.54, 1.807) is 13.8 Å². The summed E-state index contributed by atoms with van der Waals surface area (Å²) in [5.41, 5.74) is 5.53. The van der Waals surface area contributed by atoms with Gasteiger partial charge in [-0.3, -0.25) is 0 Å². The summed E-state index contributed by atoms with van der Waals surface area (Å²) >= 11 is 0. The van der Waals surface area contributed by atoms with Crippen LogP contribution in [0.1, 0.15) is 31.6 Å². The van der Waals surface area contributed by atoms with Crippen LogP contribution in [0.4, 0.5) is 17.6 Å². The van der Waals surface area contributed by atoms with Crippen molar-refractivity contribution in [3.05, 3.63) is 11.7 Å². The Bertz CT molecular complexity index is 384. The Balaban J connectivity index is 2.74. The number of alkyl halides is 4. The van der Waals surface area contributed by atoms with Crippen LogP contribution >= 0.6 is 0 Å². The fourth-order valence-corrected chi connectivity index (χ4v) is 0.985. The third-order valence-electron chi connectivity index (χ3n) is 1.94. The van der Waals surface area contributed by atoms with Gasteiger partial charge in [0.05, 0.1) is 18.8 Å². The summed E-state index contributed by atoms with van der Waals surface area (Å²) in [4.78, 5) is 3.17. The van der Waals surface area contributed by atoms with Gasteiger partial charge in [-0.1, -0.05) is 5.16 Å². The Morgan fingerprint density at radius 3 is 2.50 bits per heavy atom. The molecule has 0 aromatic carbocycles. The number of nitrogens with zero attached hydrogens (tertiary/aromatic N) is 2. The first-order valence-electron chi connectivity index (χ1n) is 5.12. The maximum Gasteiger partial charge on any atom is 0.383 e. The molecule has 0 amide bonds. The van der Waals surface area contributed by atoms with Gasteiger partial charge < -0.3 is 15.0 Å². The van der Waals surface area contributed by atoms with Crippen LogP contribution in [0.15, 0.2) is 4.52 Å². The van der Waals surface area contributed by atoms with E-state index in [-0.39, 0.29) is 18.5 Å². The number of nitrogens with two attached hydrogens (primary N) is 1. The van der Waals surface area contributed by atoms with Gasteiger partial charge in [0, 0.05) is 0 Å². The lowest BCUT2D eigenvalue weighted by Crippen LogP contribution is -2.25. The van der Waals surface area contributed by atoms with E-state index in [9.17, 15) is 17.6 Å². The zero-order valence-corrected chi connectivity index (χ0v) is 9.74. The SMILES string of the molecule is CC(C)OCC(N)c1noc(C(F)(F)C(F)F)n1. The van der Waals surface area contributed by atoms with E-state index in [1.165, 1.54) is 0 Å². The topological polar surface area (TPSA) is 74.2 Å². The lowest BCUT2D eigenvalue weighted by atomic mass is 10.3. The Kier molecular flexibility index (Phi) is 4.63. The monoisotopic (exact) mass is 271 g/mol. The molecule has 0 saturated carbocycles. The van der Waals surface area contributed by atoms with E-state index in [1.807, 2.05) is 0 Å². The van der Waals surface area contributed by atoms with Crippen molar-refractivity contribution in [2.45, 2.75) is 38.3 Å². The molecule has 0 aliphatic heterocycles. The van der Waals surface area contributed by atoms with Gasteiger partial charge in [-0.15, -0.1) is 0 Å². The largest absolute Gasteiger partial charge is 0.383 e. The number of hydrogen-bond donors (Lipinski definition) is 1. The summed E-state index contributed by atoms with van der Waals surface area (Å²) in [6.45, 7) is 3.47. The van der Waals surface area contributed by atoms with Crippen molar-refractivity contribution in [3.8, 4) is 0 Å². The van der Waals surface area contributed by atoms with E-state index in [4.69, 9.17) is 10.5 Å². The number of aromatic nitrogens is 2. The molecule has 1 aromatic heterocycles. The lowest BCUT2D eigenvalue weighted by Gasteiger charge is -2.11. The van der Waals surface area contributed by atoms with Gasteiger partial charge in [0.1, 0.15) is 0 Å². The second-order valence-electron chi connectivity index (χ2n) is 3.87. The highest BCUT2D eigenvalue weighted by Crippen LogP contribution is 2.33. The van der Waals surface area contributed by atoms with E-state index >= 15 is 0 Å². The van der Waals surface area contributed by atoms with Crippen LogP contribution in [-0.2, 0) is 10.7 Å². The molecule has 2 N–H and O–H groups in total. The third kappa shape index (κ3) is 3.39. The molecule has 0 bridgehead atoms. The molecular formula is C9H13F4N3O2. The summed E-state index contributed by atoms with van der Waals surface area (Å²) in [5.74, 6) is -6.23. The van der Waals surface area contributed by atoms with Crippen LogP contribution in [0, 0.1) is 0 Å². The second kappa shape index (κ2) is 5.61. The summed E-state index contributed by atoms with van der Waals surface area (Å²) in [6, 6.07) is -0.918. The van der Waals surface area contributed by atoms with Crippen molar-refractivity contribution >= 4 is 0 Å². The highest BCUT2D eigenvalue weighted by atomic mass is 19.3. The van der Waals surface area contributed by atoms with Crippen molar-refractivity contribution in [1.29, 1.82) is 0 Å². The van der Waals surface area contributed by atoms with Gasteiger partial charge in [-0.05, 0) is 13.8 Å². The molecule has 0 radical (unpaired) electrons. The molecule has 1 atom stereocenters. The molecule has 0 aliphatic rings. The van der Waals surface area contributed by atoms with Crippen molar-refractivity contribution < 1.29 is 26.8 Å². The Morgan fingerprint density at radius 1 is 1.39 bits per heavy atom. The molecule has 1 unspecified atom stereocenters. The highest BCUT2D eigenvalue weighted by molar-refractivity contribution is 4.98. The van der Waals surface area contributed by atoms with E-state index in [2.05, 4.69) is 14.7 Å². The van der Waals surface area contributed by atoms with Crippen molar-refractivity contribution in [1.82, 2.24) is 10.1 Å². The standard InChI is InChI=1S/C9H13F4N3O2/c1-4(2)17-3-5(14)6-15-8(18-16-6)9(12,13)7(10)11/h4-5,7H,3,14H2,1-2H3. The van der Waals surface area contributed by atoms with E-state index < -0.39 is 24.3 Å². The van der Waals surface area contributed by atoms with Gasteiger partial charge in [-0.2, -0.15) is 13.8 Å². The van der Waals surface area contributed by atoms with Crippen LogP contribution in [0.3, 0.4) is 0 Å². The molecule has 1 rings (SSSR count). The molecule has 1 aromatic rings. The number of hydrogen-bond acceptors (Lipinski definition) is 5. The highest BCUT2D eigenvalue weighted by Gasteiger charge is 2.48. The van der Waals surface area contributed by atoms with Gasteiger partial charge in [0.25, 0.3) is 0 Å². The molecule has 0 fully saturated rings. The molecule has 104 valence electrons. The van der Waals surface area contributed by atoms with Crippen LogP contribution in [0.5, 0.6) is 0 Å².